The van der Waals surface area contributed by atoms with Gasteiger partial charge in [0.15, 0.2) is 0 Å². The zero-order valence-corrected chi connectivity index (χ0v) is 17.5. The maximum Gasteiger partial charge on any atom is 0.233 e. The van der Waals surface area contributed by atoms with Crippen molar-refractivity contribution in [2.24, 2.45) is 5.73 Å². The summed E-state index contributed by atoms with van der Waals surface area (Å²) >= 11 is 0. The molecule has 6 nitrogen and oxygen atoms in total. The Kier molecular flexibility index (Phi) is 7.30. The minimum atomic E-state index is -3.22. The van der Waals surface area contributed by atoms with E-state index in [9.17, 15) is 13.2 Å². The van der Waals surface area contributed by atoms with Crippen LogP contribution in [0.3, 0.4) is 0 Å². The van der Waals surface area contributed by atoms with Crippen molar-refractivity contribution in [1.29, 1.82) is 0 Å². The van der Waals surface area contributed by atoms with Crippen LogP contribution in [0.2, 0.25) is 0 Å². The number of hydrogen-bond acceptors (Lipinski definition) is 4. The van der Waals surface area contributed by atoms with Gasteiger partial charge in [-0.15, -0.1) is 12.4 Å². The standard InChI is InChI=1S/C19H29N3O3S.ClH/c1-2-26(24,25)22-14-10-19(11-15-22,16-6-4-3-5-7-16)18(23)21-12-8-17(20)9-13-21;/h3-7,17H,2,8-15,20H2,1H3;1H. The third-order valence-electron chi connectivity index (χ3n) is 5.90. The second kappa shape index (κ2) is 8.90. The van der Waals surface area contributed by atoms with Gasteiger partial charge in [0.2, 0.25) is 15.9 Å². The summed E-state index contributed by atoms with van der Waals surface area (Å²) in [5.41, 5.74) is 6.35. The van der Waals surface area contributed by atoms with E-state index in [2.05, 4.69) is 0 Å². The number of halogens is 1. The molecule has 0 saturated carbocycles. The van der Waals surface area contributed by atoms with Crippen molar-refractivity contribution < 1.29 is 13.2 Å². The van der Waals surface area contributed by atoms with Crippen molar-refractivity contribution in [3.8, 4) is 0 Å². The van der Waals surface area contributed by atoms with Gasteiger partial charge in [-0.3, -0.25) is 4.79 Å². The highest BCUT2D eigenvalue weighted by Gasteiger charge is 2.46. The third kappa shape index (κ3) is 4.47. The highest BCUT2D eigenvalue weighted by atomic mass is 35.5. The number of nitrogens with two attached hydrogens (primary N) is 1. The number of amides is 1. The summed E-state index contributed by atoms with van der Waals surface area (Å²) in [5.74, 6) is 0.229. The Hall–Kier alpha value is -1.15. The average molecular weight is 416 g/mol. The number of carbonyl (C=O) groups excluding carboxylic acids is 1. The lowest BCUT2D eigenvalue weighted by molar-refractivity contribution is -0.140. The van der Waals surface area contributed by atoms with Crippen LogP contribution in [0.4, 0.5) is 0 Å². The van der Waals surface area contributed by atoms with Gasteiger partial charge in [-0.1, -0.05) is 30.3 Å². The highest BCUT2D eigenvalue weighted by Crippen LogP contribution is 2.38. The Morgan fingerprint density at radius 2 is 1.67 bits per heavy atom. The smallest absolute Gasteiger partial charge is 0.233 e. The molecular formula is C19H30ClN3O3S. The molecule has 2 aliphatic rings. The summed E-state index contributed by atoms with van der Waals surface area (Å²) in [5, 5.41) is 0. The lowest BCUT2D eigenvalue weighted by Gasteiger charge is -2.44. The van der Waals surface area contributed by atoms with Crippen LogP contribution in [-0.2, 0) is 20.2 Å². The quantitative estimate of drug-likeness (QED) is 0.811. The molecule has 0 atom stereocenters. The average Bonchev–Trinajstić information content (AvgIpc) is 2.68. The lowest BCUT2D eigenvalue weighted by Crippen LogP contribution is -2.56. The number of sulfonamides is 1. The first-order chi connectivity index (χ1) is 12.4. The van der Waals surface area contributed by atoms with E-state index in [1.807, 2.05) is 35.2 Å². The molecule has 152 valence electrons. The zero-order valence-electron chi connectivity index (χ0n) is 15.8. The summed E-state index contributed by atoms with van der Waals surface area (Å²) in [6.45, 7) is 3.82. The molecule has 0 unspecified atom stereocenters. The summed E-state index contributed by atoms with van der Waals surface area (Å²) in [4.78, 5) is 15.5. The van der Waals surface area contributed by atoms with Gasteiger partial charge in [0.25, 0.3) is 0 Å². The van der Waals surface area contributed by atoms with Crippen LogP contribution in [-0.4, -0.2) is 61.5 Å². The molecule has 1 amide bonds. The summed E-state index contributed by atoms with van der Waals surface area (Å²) in [6, 6.07) is 10.0. The van der Waals surface area contributed by atoms with E-state index in [0.717, 1.165) is 18.4 Å². The monoisotopic (exact) mass is 415 g/mol. The zero-order chi connectivity index (χ0) is 18.8. The highest BCUT2D eigenvalue weighted by molar-refractivity contribution is 7.89. The number of benzene rings is 1. The molecule has 8 heteroatoms. The van der Waals surface area contributed by atoms with Crippen molar-refractivity contribution in [3.63, 3.8) is 0 Å². The molecule has 2 fully saturated rings. The fraction of sp³-hybridized carbons (Fsp3) is 0.632. The molecule has 1 aromatic rings. The van der Waals surface area contributed by atoms with Crippen molar-refractivity contribution >= 4 is 28.3 Å². The van der Waals surface area contributed by atoms with Gasteiger partial charge < -0.3 is 10.6 Å². The molecule has 2 aliphatic heterocycles. The van der Waals surface area contributed by atoms with E-state index in [1.54, 1.807) is 6.92 Å². The molecule has 0 aromatic heterocycles. The van der Waals surface area contributed by atoms with Gasteiger partial charge in [-0.2, -0.15) is 0 Å². The maximum absolute atomic E-state index is 13.5. The van der Waals surface area contributed by atoms with E-state index in [-0.39, 0.29) is 30.1 Å². The molecule has 27 heavy (non-hydrogen) atoms. The molecule has 3 rings (SSSR count). The van der Waals surface area contributed by atoms with Gasteiger partial charge in [0.1, 0.15) is 0 Å². The van der Waals surface area contributed by atoms with Crippen LogP contribution in [0.15, 0.2) is 30.3 Å². The summed E-state index contributed by atoms with van der Waals surface area (Å²) in [7, 11) is -3.22. The fourth-order valence-corrected chi connectivity index (χ4v) is 5.22. The molecule has 0 spiro atoms. The van der Waals surface area contributed by atoms with Crippen molar-refractivity contribution in [2.75, 3.05) is 31.9 Å². The predicted octanol–water partition coefficient (Wildman–Crippen LogP) is 1.74. The molecule has 0 bridgehead atoms. The van der Waals surface area contributed by atoms with Gasteiger partial charge in [0.05, 0.1) is 11.2 Å². The third-order valence-corrected chi connectivity index (χ3v) is 7.78. The normalized spacial score (nSPS) is 21.5. The first-order valence-electron chi connectivity index (χ1n) is 9.47. The molecule has 0 aliphatic carbocycles. The summed E-state index contributed by atoms with van der Waals surface area (Å²) in [6.07, 6.45) is 2.70. The Balaban J connectivity index is 0.00000261. The van der Waals surface area contributed by atoms with Gasteiger partial charge in [0, 0.05) is 32.2 Å². The number of hydrogen-bond donors (Lipinski definition) is 1. The SMILES string of the molecule is CCS(=O)(=O)N1CCC(C(=O)N2CCC(N)CC2)(c2ccccc2)CC1.Cl. The van der Waals surface area contributed by atoms with E-state index in [0.29, 0.717) is 39.0 Å². The van der Waals surface area contributed by atoms with E-state index >= 15 is 0 Å². The second-order valence-electron chi connectivity index (χ2n) is 7.38. The molecule has 1 aromatic carbocycles. The topological polar surface area (TPSA) is 83.7 Å². The lowest BCUT2D eigenvalue weighted by atomic mass is 9.71. The van der Waals surface area contributed by atoms with Gasteiger partial charge >= 0.3 is 0 Å². The minimum Gasteiger partial charge on any atom is -0.342 e. The van der Waals surface area contributed by atoms with Gasteiger partial charge in [-0.25, -0.2) is 12.7 Å². The van der Waals surface area contributed by atoms with Crippen LogP contribution in [0, 0.1) is 0 Å². The number of likely N-dealkylation sites (tertiary alicyclic amines) is 1. The van der Waals surface area contributed by atoms with Crippen LogP contribution in [0.1, 0.15) is 38.2 Å². The Morgan fingerprint density at radius 3 is 2.19 bits per heavy atom. The number of nitrogens with zero attached hydrogens (tertiary/aromatic N) is 2. The Labute approximate surface area is 168 Å². The molecular weight excluding hydrogens is 386 g/mol. The summed E-state index contributed by atoms with van der Waals surface area (Å²) < 4.78 is 26.0. The van der Waals surface area contributed by atoms with Crippen molar-refractivity contribution in [3.05, 3.63) is 35.9 Å². The Morgan fingerprint density at radius 1 is 1.11 bits per heavy atom. The fourth-order valence-electron chi connectivity index (χ4n) is 4.12. The number of rotatable bonds is 4. The molecule has 0 radical (unpaired) electrons. The minimum absolute atomic E-state index is 0. The van der Waals surface area contributed by atoms with Crippen molar-refractivity contribution in [2.45, 2.75) is 44.1 Å². The largest absolute Gasteiger partial charge is 0.342 e. The van der Waals surface area contributed by atoms with Crippen LogP contribution >= 0.6 is 12.4 Å². The van der Waals surface area contributed by atoms with Gasteiger partial charge in [-0.05, 0) is 38.2 Å². The van der Waals surface area contributed by atoms with Crippen LogP contribution in [0.5, 0.6) is 0 Å². The first-order valence-corrected chi connectivity index (χ1v) is 11.1. The van der Waals surface area contributed by atoms with E-state index < -0.39 is 15.4 Å². The first kappa shape index (κ1) is 22.1. The molecule has 2 heterocycles. The number of carbonyl (C=O) groups is 1. The van der Waals surface area contributed by atoms with Crippen LogP contribution < -0.4 is 5.73 Å². The van der Waals surface area contributed by atoms with E-state index in [4.69, 9.17) is 5.73 Å². The van der Waals surface area contributed by atoms with Crippen LogP contribution in [0.25, 0.3) is 0 Å². The number of piperidine rings is 2. The van der Waals surface area contributed by atoms with Crippen molar-refractivity contribution in [1.82, 2.24) is 9.21 Å². The Bertz CT molecular complexity index is 726. The predicted molar refractivity (Wildman–Crippen MR) is 109 cm³/mol. The molecule has 2 N–H and O–H groups in total. The maximum atomic E-state index is 13.5. The second-order valence-corrected chi connectivity index (χ2v) is 9.63. The van der Waals surface area contributed by atoms with E-state index in [1.165, 1.54) is 4.31 Å². The molecule has 2 saturated heterocycles.